The number of aliphatic hydroxyl groups excluding tert-OH is 2. The van der Waals surface area contributed by atoms with Gasteiger partial charge in [0.2, 0.25) is 5.91 Å². The number of aliphatic hydroxyl groups is 2. The Hall–Kier alpha value is -1.92. The highest BCUT2D eigenvalue weighted by Gasteiger charge is 2.17. The molecule has 0 aromatic rings. The second kappa shape index (κ2) is 39.9. The van der Waals surface area contributed by atoms with Crippen LogP contribution >= 0.6 is 0 Å². The monoisotopic (exact) mass is 704 g/mol. The number of amides is 1. The number of ether oxygens (including phenoxy) is 1. The van der Waals surface area contributed by atoms with Crippen LogP contribution in [0.3, 0.4) is 0 Å². The normalized spacial score (nSPS) is 13.1. The molecule has 0 fully saturated rings. The maximum absolute atomic E-state index is 12.3. The molecule has 0 saturated carbocycles. The summed E-state index contributed by atoms with van der Waals surface area (Å²) in [5.74, 6) is -0.182. The summed E-state index contributed by atoms with van der Waals surface area (Å²) in [5, 5.41) is 22.8. The summed E-state index contributed by atoms with van der Waals surface area (Å²) in [7, 11) is 0. The number of esters is 1. The predicted molar refractivity (Wildman–Crippen MR) is 213 cm³/mol. The van der Waals surface area contributed by atoms with E-state index in [1.165, 1.54) is 109 Å². The van der Waals surface area contributed by atoms with Crippen molar-refractivity contribution in [2.45, 2.75) is 219 Å². The number of carbonyl (C=O) groups excluding carboxylic acids is 2. The molecule has 50 heavy (non-hydrogen) atoms. The minimum Gasteiger partial charge on any atom is -0.466 e. The van der Waals surface area contributed by atoms with Crippen LogP contribution in [0.25, 0.3) is 0 Å². The van der Waals surface area contributed by atoms with Crippen molar-refractivity contribution in [2.75, 3.05) is 13.2 Å². The van der Waals surface area contributed by atoms with Gasteiger partial charge in [0.1, 0.15) is 0 Å². The van der Waals surface area contributed by atoms with Gasteiger partial charge in [-0.3, -0.25) is 9.59 Å². The Morgan fingerprint density at radius 2 is 0.960 bits per heavy atom. The third-order valence-electron chi connectivity index (χ3n) is 9.38. The molecule has 6 heteroatoms. The average molecular weight is 704 g/mol. The Morgan fingerprint density at radius 3 is 1.48 bits per heavy atom. The maximum atomic E-state index is 12.3. The quantitative estimate of drug-likeness (QED) is 0.0338. The zero-order chi connectivity index (χ0) is 36.6. The van der Waals surface area contributed by atoms with Crippen molar-refractivity contribution in [1.29, 1.82) is 0 Å². The Morgan fingerprint density at radius 1 is 0.540 bits per heavy atom. The molecule has 1 amide bonds. The van der Waals surface area contributed by atoms with Crippen molar-refractivity contribution >= 4 is 11.9 Å². The van der Waals surface area contributed by atoms with Crippen LogP contribution in [0.15, 0.2) is 36.5 Å². The second-order valence-corrected chi connectivity index (χ2v) is 14.3. The molecule has 3 N–H and O–H groups in total. The summed E-state index contributed by atoms with van der Waals surface area (Å²) in [4.78, 5) is 24.3. The Kier molecular flexibility index (Phi) is 38.3. The van der Waals surface area contributed by atoms with E-state index in [0.717, 1.165) is 70.6 Å². The first-order valence-electron chi connectivity index (χ1n) is 21.3. The molecule has 0 saturated heterocycles. The van der Waals surface area contributed by atoms with Crippen LogP contribution < -0.4 is 5.32 Å². The fourth-order valence-corrected chi connectivity index (χ4v) is 6.04. The van der Waals surface area contributed by atoms with Gasteiger partial charge in [-0.1, -0.05) is 153 Å². The standard InChI is InChI=1S/C44H81NO5/c1-3-5-7-9-11-13-15-16-18-22-26-30-34-38-44(49)50-39-35-31-27-23-19-21-25-29-33-37-43(48)45-41(40-46)42(47)36-32-28-24-20-17-14-12-10-8-6-4-2/h13,15,21,25,32,36,41-42,46-47H,3-12,14,16-20,22-24,26-31,33-35,37-40H2,1-2H3,(H,45,48)/b15-13-,25-21-,36-32+. The summed E-state index contributed by atoms with van der Waals surface area (Å²) in [6.07, 6.45) is 45.6. The van der Waals surface area contributed by atoms with Crippen LogP contribution in [0.4, 0.5) is 0 Å². The van der Waals surface area contributed by atoms with E-state index in [0.29, 0.717) is 19.4 Å². The summed E-state index contributed by atoms with van der Waals surface area (Å²) >= 11 is 0. The van der Waals surface area contributed by atoms with Crippen LogP contribution in [-0.4, -0.2) is 47.4 Å². The van der Waals surface area contributed by atoms with Gasteiger partial charge in [0.05, 0.1) is 25.4 Å². The van der Waals surface area contributed by atoms with E-state index in [1.54, 1.807) is 6.08 Å². The smallest absolute Gasteiger partial charge is 0.305 e. The maximum Gasteiger partial charge on any atom is 0.305 e. The van der Waals surface area contributed by atoms with E-state index < -0.39 is 12.1 Å². The summed E-state index contributed by atoms with van der Waals surface area (Å²) in [6.45, 7) is 4.75. The van der Waals surface area contributed by atoms with Crippen molar-refractivity contribution in [3.05, 3.63) is 36.5 Å². The number of hydrogen-bond acceptors (Lipinski definition) is 5. The zero-order valence-electron chi connectivity index (χ0n) is 32.9. The van der Waals surface area contributed by atoms with Crippen molar-refractivity contribution < 1.29 is 24.5 Å². The first kappa shape index (κ1) is 48.1. The second-order valence-electron chi connectivity index (χ2n) is 14.3. The highest BCUT2D eigenvalue weighted by molar-refractivity contribution is 5.76. The molecule has 2 atom stereocenters. The van der Waals surface area contributed by atoms with Gasteiger partial charge in [-0.15, -0.1) is 0 Å². The van der Waals surface area contributed by atoms with Gasteiger partial charge in [0, 0.05) is 12.8 Å². The summed E-state index contributed by atoms with van der Waals surface area (Å²) in [6, 6.07) is -0.664. The lowest BCUT2D eigenvalue weighted by Gasteiger charge is -2.19. The molecular weight excluding hydrogens is 622 g/mol. The summed E-state index contributed by atoms with van der Waals surface area (Å²) in [5.41, 5.74) is 0. The molecule has 2 unspecified atom stereocenters. The van der Waals surface area contributed by atoms with Gasteiger partial charge in [0.25, 0.3) is 0 Å². The van der Waals surface area contributed by atoms with Gasteiger partial charge >= 0.3 is 5.97 Å². The van der Waals surface area contributed by atoms with Gasteiger partial charge in [-0.2, -0.15) is 0 Å². The Labute approximate surface area is 309 Å². The molecular formula is C44H81NO5. The van der Waals surface area contributed by atoms with Gasteiger partial charge < -0.3 is 20.3 Å². The van der Waals surface area contributed by atoms with Crippen molar-refractivity contribution in [2.24, 2.45) is 0 Å². The third kappa shape index (κ3) is 35.9. The molecule has 0 aliphatic rings. The van der Waals surface area contributed by atoms with Crippen LogP contribution in [0, 0.1) is 0 Å². The zero-order valence-corrected chi connectivity index (χ0v) is 32.9. The van der Waals surface area contributed by atoms with E-state index in [-0.39, 0.29) is 18.5 Å². The Balaban J connectivity index is 3.62. The van der Waals surface area contributed by atoms with Crippen molar-refractivity contribution in [3.8, 4) is 0 Å². The van der Waals surface area contributed by atoms with E-state index in [2.05, 4.69) is 43.5 Å². The van der Waals surface area contributed by atoms with Crippen LogP contribution in [0.1, 0.15) is 206 Å². The van der Waals surface area contributed by atoms with Gasteiger partial charge in [-0.25, -0.2) is 0 Å². The molecule has 0 aliphatic heterocycles. The van der Waals surface area contributed by atoms with Crippen molar-refractivity contribution in [3.63, 3.8) is 0 Å². The molecule has 0 aromatic heterocycles. The van der Waals surface area contributed by atoms with Crippen LogP contribution in [0.5, 0.6) is 0 Å². The number of carbonyl (C=O) groups is 2. The fourth-order valence-electron chi connectivity index (χ4n) is 6.04. The van der Waals surface area contributed by atoms with Crippen molar-refractivity contribution in [1.82, 2.24) is 5.32 Å². The first-order valence-corrected chi connectivity index (χ1v) is 21.3. The van der Waals surface area contributed by atoms with Crippen LogP contribution in [0.2, 0.25) is 0 Å². The number of allylic oxidation sites excluding steroid dienone is 5. The molecule has 0 aliphatic carbocycles. The minimum atomic E-state index is -0.873. The first-order chi connectivity index (χ1) is 24.5. The number of nitrogens with one attached hydrogen (secondary N) is 1. The molecule has 292 valence electrons. The SMILES string of the molecule is CCCCCC/C=C\CCCCCCCC(=O)OCCCCCC/C=C\CCCC(=O)NC(CO)C(O)/C=C/CCCCCCCCCCC. The van der Waals surface area contributed by atoms with Crippen LogP contribution in [-0.2, 0) is 14.3 Å². The van der Waals surface area contributed by atoms with E-state index in [1.807, 2.05) is 6.08 Å². The molecule has 0 aromatic carbocycles. The van der Waals surface area contributed by atoms with Gasteiger partial charge in [-0.05, 0) is 77.0 Å². The number of unbranched alkanes of at least 4 members (excludes halogenated alkanes) is 23. The average Bonchev–Trinajstić information content (AvgIpc) is 3.11. The van der Waals surface area contributed by atoms with E-state index in [4.69, 9.17) is 4.74 Å². The molecule has 0 spiro atoms. The minimum absolute atomic E-state index is 0.0490. The Bertz CT molecular complexity index is 823. The molecule has 0 radical (unpaired) electrons. The lowest BCUT2D eigenvalue weighted by molar-refractivity contribution is -0.143. The number of hydrogen-bond donors (Lipinski definition) is 3. The third-order valence-corrected chi connectivity index (χ3v) is 9.38. The highest BCUT2D eigenvalue weighted by atomic mass is 16.5. The largest absolute Gasteiger partial charge is 0.466 e. The highest BCUT2D eigenvalue weighted by Crippen LogP contribution is 2.12. The lowest BCUT2D eigenvalue weighted by Crippen LogP contribution is -2.45. The molecule has 0 bridgehead atoms. The fraction of sp³-hybridized carbons (Fsp3) is 0.818. The number of rotatable bonds is 38. The lowest BCUT2D eigenvalue weighted by atomic mass is 10.1. The van der Waals surface area contributed by atoms with E-state index >= 15 is 0 Å². The predicted octanol–water partition coefficient (Wildman–Crippen LogP) is 11.8. The van der Waals surface area contributed by atoms with E-state index in [9.17, 15) is 19.8 Å². The summed E-state index contributed by atoms with van der Waals surface area (Å²) < 4.78 is 5.41. The molecule has 0 heterocycles. The molecule has 6 nitrogen and oxygen atoms in total. The van der Waals surface area contributed by atoms with Gasteiger partial charge in [0.15, 0.2) is 0 Å². The molecule has 0 rings (SSSR count). The topological polar surface area (TPSA) is 95.9 Å².